The van der Waals surface area contributed by atoms with Crippen LogP contribution in [0.5, 0.6) is 0 Å². The summed E-state index contributed by atoms with van der Waals surface area (Å²) in [4.78, 5) is 12.5. The molecule has 2 aromatic carbocycles. The molecule has 2 heterocycles. The first-order chi connectivity index (χ1) is 10.3. The maximum absolute atomic E-state index is 12.5. The number of nitrogens with zero attached hydrogens (tertiary/aromatic N) is 1. The Bertz CT molecular complexity index is 898. The highest BCUT2D eigenvalue weighted by atomic mass is 16.2. The number of benzene rings is 2. The number of aromatic amines is 1. The summed E-state index contributed by atoms with van der Waals surface area (Å²) in [5.74, 6) is 0.396. The maximum atomic E-state index is 12.5. The van der Waals surface area contributed by atoms with Gasteiger partial charge in [0.15, 0.2) is 0 Å². The number of hydrogen-bond acceptors (Lipinski definition) is 2. The minimum absolute atomic E-state index is 0.137. The molecular formula is C17H13N3O. The molecule has 0 saturated heterocycles. The smallest absolute Gasteiger partial charge is 0.235 e. The zero-order valence-electron chi connectivity index (χ0n) is 11.3. The van der Waals surface area contributed by atoms with E-state index in [-0.39, 0.29) is 17.2 Å². The number of fused-ring (bicyclic) bond motifs is 3. The second-order valence-electron chi connectivity index (χ2n) is 5.94. The molecule has 1 fully saturated rings. The van der Waals surface area contributed by atoms with E-state index in [9.17, 15) is 4.79 Å². The van der Waals surface area contributed by atoms with E-state index in [4.69, 9.17) is 0 Å². The largest absolute Gasteiger partial charge is 0.325 e. The number of nitrogens with one attached hydrogen (secondary N) is 2. The molecular weight excluding hydrogens is 262 g/mol. The van der Waals surface area contributed by atoms with E-state index in [1.165, 1.54) is 5.56 Å². The fourth-order valence-corrected chi connectivity index (χ4v) is 3.72. The third-order valence-electron chi connectivity index (χ3n) is 4.89. The summed E-state index contributed by atoms with van der Waals surface area (Å²) >= 11 is 0. The van der Waals surface area contributed by atoms with E-state index < -0.39 is 0 Å². The van der Waals surface area contributed by atoms with Gasteiger partial charge in [-0.15, -0.1) is 0 Å². The molecule has 1 saturated carbocycles. The van der Waals surface area contributed by atoms with Crippen molar-refractivity contribution in [2.24, 2.45) is 0 Å². The molecule has 4 nitrogen and oxygen atoms in total. The van der Waals surface area contributed by atoms with Crippen molar-refractivity contribution in [3.63, 3.8) is 0 Å². The molecule has 2 N–H and O–H groups in total. The van der Waals surface area contributed by atoms with Gasteiger partial charge in [-0.05, 0) is 29.7 Å². The average Bonchev–Trinajstić information content (AvgIpc) is 2.97. The van der Waals surface area contributed by atoms with Crippen LogP contribution in [0.2, 0.25) is 0 Å². The van der Waals surface area contributed by atoms with Crippen molar-refractivity contribution in [2.75, 3.05) is 5.32 Å². The van der Waals surface area contributed by atoms with Crippen LogP contribution in [-0.2, 0) is 10.2 Å². The number of aromatic nitrogens is 2. The second kappa shape index (κ2) is 3.52. The summed E-state index contributed by atoms with van der Waals surface area (Å²) in [6.45, 7) is 0. The molecule has 4 heteroatoms. The van der Waals surface area contributed by atoms with Gasteiger partial charge in [0, 0.05) is 17.0 Å². The van der Waals surface area contributed by atoms with Crippen molar-refractivity contribution in [2.45, 2.75) is 17.8 Å². The Morgan fingerprint density at radius 3 is 3.05 bits per heavy atom. The van der Waals surface area contributed by atoms with E-state index in [2.05, 4.69) is 39.8 Å². The van der Waals surface area contributed by atoms with Crippen LogP contribution in [0, 0.1) is 0 Å². The fourth-order valence-electron chi connectivity index (χ4n) is 3.72. The van der Waals surface area contributed by atoms with Crippen LogP contribution in [0.25, 0.3) is 10.9 Å². The highest BCUT2D eigenvalue weighted by Gasteiger charge is 2.64. The van der Waals surface area contributed by atoms with Gasteiger partial charge in [0.1, 0.15) is 0 Å². The lowest BCUT2D eigenvalue weighted by atomic mass is 9.92. The number of anilines is 1. The molecule has 1 aliphatic carbocycles. The Morgan fingerprint density at radius 1 is 1.19 bits per heavy atom. The van der Waals surface area contributed by atoms with Gasteiger partial charge >= 0.3 is 0 Å². The molecule has 0 unspecified atom stereocenters. The zero-order chi connectivity index (χ0) is 14.0. The SMILES string of the molecule is O=C1Nc2ccccc2[C@@]12C[C@@H]2c1ccc2cn[nH]c2c1. The Labute approximate surface area is 121 Å². The highest BCUT2D eigenvalue weighted by Crippen LogP contribution is 2.64. The molecule has 3 aromatic rings. The average molecular weight is 275 g/mol. The Hall–Kier alpha value is -2.62. The topological polar surface area (TPSA) is 57.8 Å². The first-order valence-electron chi connectivity index (χ1n) is 7.13. The summed E-state index contributed by atoms with van der Waals surface area (Å²) in [7, 11) is 0. The van der Waals surface area contributed by atoms with Gasteiger partial charge in [-0.1, -0.05) is 30.3 Å². The molecule has 2 atom stereocenters. The molecule has 0 bridgehead atoms. The number of carbonyl (C=O) groups is 1. The van der Waals surface area contributed by atoms with Crippen LogP contribution in [0.1, 0.15) is 23.5 Å². The zero-order valence-corrected chi connectivity index (χ0v) is 11.3. The van der Waals surface area contributed by atoms with Crippen molar-refractivity contribution >= 4 is 22.5 Å². The molecule has 102 valence electrons. The lowest BCUT2D eigenvalue weighted by Gasteiger charge is -2.08. The lowest BCUT2D eigenvalue weighted by Crippen LogP contribution is -2.20. The van der Waals surface area contributed by atoms with Gasteiger partial charge in [0.25, 0.3) is 0 Å². The first kappa shape index (κ1) is 11.1. The predicted octanol–water partition coefficient (Wildman–Crippen LogP) is 2.94. The molecule has 0 radical (unpaired) electrons. The second-order valence-corrected chi connectivity index (χ2v) is 5.94. The number of rotatable bonds is 1. The third kappa shape index (κ3) is 1.29. The highest BCUT2D eigenvalue weighted by molar-refractivity contribution is 6.09. The normalized spacial score (nSPS) is 26.1. The van der Waals surface area contributed by atoms with Crippen molar-refractivity contribution in [3.05, 3.63) is 59.8 Å². The predicted molar refractivity (Wildman–Crippen MR) is 80.2 cm³/mol. The lowest BCUT2D eigenvalue weighted by molar-refractivity contribution is -0.118. The Balaban J connectivity index is 1.63. The quantitative estimate of drug-likeness (QED) is 0.717. The van der Waals surface area contributed by atoms with E-state index in [0.717, 1.165) is 28.6 Å². The number of para-hydroxylation sites is 1. The Morgan fingerprint density at radius 2 is 2.10 bits per heavy atom. The molecule has 1 spiro atoms. The van der Waals surface area contributed by atoms with Gasteiger partial charge in [-0.3, -0.25) is 9.89 Å². The van der Waals surface area contributed by atoms with Gasteiger partial charge in [-0.25, -0.2) is 0 Å². The molecule has 1 amide bonds. The Kier molecular flexibility index (Phi) is 1.86. The maximum Gasteiger partial charge on any atom is 0.235 e. The van der Waals surface area contributed by atoms with Crippen LogP contribution >= 0.6 is 0 Å². The van der Waals surface area contributed by atoms with Crippen LogP contribution in [0.4, 0.5) is 5.69 Å². The number of carbonyl (C=O) groups excluding carboxylic acids is 1. The summed E-state index contributed by atoms with van der Waals surface area (Å²) in [6, 6.07) is 14.3. The number of H-pyrrole nitrogens is 1. The summed E-state index contributed by atoms with van der Waals surface area (Å²) in [5, 5.41) is 11.2. The molecule has 1 aromatic heterocycles. The number of amides is 1. The van der Waals surface area contributed by atoms with E-state index >= 15 is 0 Å². The molecule has 21 heavy (non-hydrogen) atoms. The van der Waals surface area contributed by atoms with Gasteiger partial charge in [-0.2, -0.15) is 5.10 Å². The van der Waals surface area contributed by atoms with Crippen LogP contribution in [0.15, 0.2) is 48.7 Å². The van der Waals surface area contributed by atoms with E-state index in [1.54, 1.807) is 0 Å². The fraction of sp³-hybridized carbons (Fsp3) is 0.176. The summed E-state index contributed by atoms with van der Waals surface area (Å²) in [6.07, 6.45) is 2.70. The standard InChI is InChI=1S/C17H13N3O/c21-16-17(12-3-1-2-4-14(12)19-16)8-13(17)10-5-6-11-9-18-20-15(11)7-10/h1-7,9,13H,8H2,(H,18,20)(H,19,21)/t13-,17-/m1/s1. The van der Waals surface area contributed by atoms with Crippen molar-refractivity contribution in [1.82, 2.24) is 10.2 Å². The summed E-state index contributed by atoms with van der Waals surface area (Å²) in [5.41, 5.74) is 3.99. The van der Waals surface area contributed by atoms with Gasteiger partial charge < -0.3 is 5.32 Å². The van der Waals surface area contributed by atoms with Crippen molar-refractivity contribution in [1.29, 1.82) is 0 Å². The molecule has 1 aliphatic heterocycles. The molecule has 5 rings (SSSR count). The van der Waals surface area contributed by atoms with E-state index in [1.807, 2.05) is 24.4 Å². The van der Waals surface area contributed by atoms with Crippen molar-refractivity contribution in [3.8, 4) is 0 Å². The van der Waals surface area contributed by atoms with Gasteiger partial charge in [0.05, 0.1) is 17.1 Å². The van der Waals surface area contributed by atoms with Crippen LogP contribution < -0.4 is 5.32 Å². The third-order valence-corrected chi connectivity index (χ3v) is 4.89. The summed E-state index contributed by atoms with van der Waals surface area (Å²) < 4.78 is 0. The van der Waals surface area contributed by atoms with Crippen LogP contribution in [0.3, 0.4) is 0 Å². The monoisotopic (exact) mass is 275 g/mol. The minimum atomic E-state index is -0.357. The van der Waals surface area contributed by atoms with E-state index in [0.29, 0.717) is 0 Å². The number of hydrogen-bond donors (Lipinski definition) is 2. The molecule has 2 aliphatic rings. The minimum Gasteiger partial charge on any atom is -0.325 e. The van der Waals surface area contributed by atoms with Crippen LogP contribution in [-0.4, -0.2) is 16.1 Å². The van der Waals surface area contributed by atoms with Gasteiger partial charge in [0.2, 0.25) is 5.91 Å². The first-order valence-corrected chi connectivity index (χ1v) is 7.13. The van der Waals surface area contributed by atoms with Crippen molar-refractivity contribution < 1.29 is 4.79 Å².